The number of H-pyrrole nitrogens is 1. The number of phenolic OH excluding ortho intramolecular Hbond substituents is 1. The third-order valence-corrected chi connectivity index (χ3v) is 6.62. The van der Waals surface area contributed by atoms with Gasteiger partial charge in [0.2, 0.25) is 5.76 Å². The maximum absolute atomic E-state index is 13.2. The van der Waals surface area contributed by atoms with Crippen molar-refractivity contribution in [3.05, 3.63) is 81.5 Å². The third-order valence-electron chi connectivity index (χ3n) is 6.62. The number of aromatic hydroxyl groups is 1. The van der Waals surface area contributed by atoms with Gasteiger partial charge in [-0.25, -0.2) is 9.48 Å². The predicted octanol–water partition coefficient (Wildman–Crippen LogP) is 5.35. The number of fused-ring (bicyclic) bond motifs is 1. The molecule has 2 heterocycles. The topological polar surface area (TPSA) is 179 Å². The molecule has 0 amide bonds. The number of hydrogen-bond acceptors (Lipinski definition) is 8. The molecule has 0 saturated heterocycles. The summed E-state index contributed by atoms with van der Waals surface area (Å²) in [6.07, 6.45) is 2.10. The number of nitrogens with two attached hydrogens (primary N) is 1. The van der Waals surface area contributed by atoms with Gasteiger partial charge in [-0.15, -0.1) is 10.2 Å². The Labute approximate surface area is 231 Å². The summed E-state index contributed by atoms with van der Waals surface area (Å²) in [6, 6.07) is 13.5. The molecular formula is C29H35N5O6. The Hall–Kier alpha value is -4.48. The Morgan fingerprint density at radius 3 is 2.55 bits per heavy atom. The highest BCUT2D eigenvalue weighted by Crippen LogP contribution is 2.40. The molecule has 5 rings (SSSR count). The molecule has 1 aliphatic rings. The van der Waals surface area contributed by atoms with Crippen LogP contribution in [0.2, 0.25) is 0 Å². The van der Waals surface area contributed by atoms with Gasteiger partial charge >= 0.3 is 5.97 Å². The Balaban J connectivity index is 0.000000828. The number of aliphatic hydroxyl groups excluding tert-OH is 1. The van der Waals surface area contributed by atoms with E-state index in [4.69, 9.17) is 20.4 Å². The van der Waals surface area contributed by atoms with Crippen molar-refractivity contribution < 1.29 is 24.5 Å². The molecular weight excluding hydrogens is 514 g/mol. The van der Waals surface area contributed by atoms with Crippen molar-refractivity contribution in [1.82, 2.24) is 9.78 Å². The maximum Gasteiger partial charge on any atom is 0.371 e. The molecule has 11 nitrogen and oxygen atoms in total. The molecule has 212 valence electrons. The fourth-order valence-corrected chi connectivity index (χ4v) is 4.48. The summed E-state index contributed by atoms with van der Waals surface area (Å²) in [6.45, 7) is 6.61. The van der Waals surface area contributed by atoms with E-state index in [-0.39, 0.29) is 59.2 Å². The smallest absolute Gasteiger partial charge is 0.371 e. The molecule has 4 aromatic rings. The third kappa shape index (κ3) is 5.90. The number of benzene rings is 2. The van der Waals surface area contributed by atoms with Crippen LogP contribution in [0.5, 0.6) is 5.75 Å². The highest BCUT2D eigenvalue weighted by Gasteiger charge is 2.30. The first-order valence-electron chi connectivity index (χ1n) is 12.4. The average molecular weight is 550 g/mol. The summed E-state index contributed by atoms with van der Waals surface area (Å²) in [5.41, 5.74) is 8.79. The van der Waals surface area contributed by atoms with Crippen LogP contribution >= 0.6 is 0 Å². The number of furan rings is 1. The van der Waals surface area contributed by atoms with Gasteiger partial charge in [0, 0.05) is 6.54 Å². The molecule has 1 aliphatic carbocycles. The van der Waals surface area contributed by atoms with E-state index in [9.17, 15) is 14.7 Å². The number of nitrogens with one attached hydrogen (secondary N) is 1. The van der Waals surface area contributed by atoms with Crippen molar-refractivity contribution in [2.24, 2.45) is 16.0 Å². The molecule has 6 N–H and O–H groups in total. The summed E-state index contributed by atoms with van der Waals surface area (Å²) >= 11 is 0. The fourth-order valence-electron chi connectivity index (χ4n) is 4.48. The zero-order valence-electron chi connectivity index (χ0n) is 21.9. The second kappa shape index (κ2) is 12.1. The summed E-state index contributed by atoms with van der Waals surface area (Å²) < 4.78 is 6.73. The second-order valence-corrected chi connectivity index (χ2v) is 9.81. The highest BCUT2D eigenvalue weighted by atomic mass is 16.4. The van der Waals surface area contributed by atoms with Crippen LogP contribution in [0.3, 0.4) is 0 Å². The zero-order valence-corrected chi connectivity index (χ0v) is 21.9. The van der Waals surface area contributed by atoms with Crippen LogP contribution in [0.15, 0.2) is 68.0 Å². The standard InChI is InChI=1S/C26H24N4O5.C2H7NO.CH4/c1-14-22(24(32)30(29-14)16-8-7-15-11-12-26(2,3)18(15)13-16)28-27-19-6-4-5-17(23(19)31)20-9-10-21(35-20)25(33)34;3-1-2-4;/h4-10,13,29,31H,11-12H2,1-3H3,(H,33,34);4H,1-3H2;1H4. The minimum atomic E-state index is -1.21. The molecule has 2 aromatic carbocycles. The molecule has 0 unspecified atom stereocenters. The lowest BCUT2D eigenvalue weighted by Gasteiger charge is -2.19. The first kappa shape index (κ1) is 30.1. The van der Waals surface area contributed by atoms with Gasteiger partial charge in [-0.3, -0.25) is 9.89 Å². The van der Waals surface area contributed by atoms with Crippen molar-refractivity contribution in [2.45, 2.75) is 46.5 Å². The van der Waals surface area contributed by atoms with E-state index in [1.165, 1.54) is 34.0 Å². The number of rotatable bonds is 6. The van der Waals surface area contributed by atoms with E-state index in [0.29, 0.717) is 12.2 Å². The molecule has 40 heavy (non-hydrogen) atoms. The maximum atomic E-state index is 13.2. The number of aryl methyl sites for hydroxylation is 2. The molecule has 0 spiro atoms. The molecule has 0 saturated carbocycles. The van der Waals surface area contributed by atoms with E-state index in [0.717, 1.165) is 18.5 Å². The van der Waals surface area contributed by atoms with Crippen molar-refractivity contribution >= 4 is 17.3 Å². The largest absolute Gasteiger partial charge is 0.505 e. The lowest BCUT2D eigenvalue weighted by atomic mass is 9.86. The number of para-hydroxylation sites is 1. The summed E-state index contributed by atoms with van der Waals surface area (Å²) in [5, 5.41) is 38.8. The van der Waals surface area contributed by atoms with Gasteiger partial charge < -0.3 is 25.5 Å². The number of hydrogen-bond donors (Lipinski definition) is 5. The number of phenols is 1. The zero-order chi connectivity index (χ0) is 28.3. The summed E-state index contributed by atoms with van der Waals surface area (Å²) in [5.74, 6) is -1.52. The fraction of sp³-hybridized carbons (Fsp3) is 0.310. The molecule has 0 bridgehead atoms. The number of azo groups is 1. The van der Waals surface area contributed by atoms with Gasteiger partial charge in [-0.05, 0) is 72.7 Å². The molecule has 11 heteroatoms. The molecule has 0 fully saturated rings. The number of aromatic carboxylic acids is 1. The van der Waals surface area contributed by atoms with Crippen LogP contribution in [-0.2, 0) is 11.8 Å². The monoisotopic (exact) mass is 549 g/mol. The number of carboxylic acids is 1. The first-order valence-corrected chi connectivity index (χ1v) is 12.4. The first-order chi connectivity index (χ1) is 18.6. The van der Waals surface area contributed by atoms with Crippen LogP contribution in [-0.4, -0.2) is 44.2 Å². The normalized spacial score (nSPS) is 13.4. The summed E-state index contributed by atoms with van der Waals surface area (Å²) in [4.78, 5) is 24.2. The van der Waals surface area contributed by atoms with E-state index in [2.05, 4.69) is 35.2 Å². The van der Waals surface area contributed by atoms with Crippen LogP contribution in [0.4, 0.5) is 11.4 Å². The van der Waals surface area contributed by atoms with Gasteiger partial charge in [-0.2, -0.15) is 0 Å². The van der Waals surface area contributed by atoms with E-state index < -0.39 is 5.97 Å². The summed E-state index contributed by atoms with van der Waals surface area (Å²) in [7, 11) is 0. The molecule has 0 radical (unpaired) electrons. The lowest BCUT2D eigenvalue weighted by Crippen LogP contribution is -2.16. The Bertz CT molecular complexity index is 1590. The number of aromatic amines is 1. The van der Waals surface area contributed by atoms with Crippen LogP contribution in [0.25, 0.3) is 17.0 Å². The Morgan fingerprint density at radius 2 is 1.90 bits per heavy atom. The van der Waals surface area contributed by atoms with Crippen LogP contribution in [0, 0.1) is 6.92 Å². The number of aromatic nitrogens is 2. The van der Waals surface area contributed by atoms with E-state index in [1.807, 2.05) is 12.1 Å². The van der Waals surface area contributed by atoms with Crippen molar-refractivity contribution in [2.75, 3.05) is 13.2 Å². The van der Waals surface area contributed by atoms with Crippen molar-refractivity contribution in [3.63, 3.8) is 0 Å². The van der Waals surface area contributed by atoms with Crippen LogP contribution in [0.1, 0.15) is 55.1 Å². The van der Waals surface area contributed by atoms with E-state index in [1.54, 1.807) is 19.1 Å². The minimum Gasteiger partial charge on any atom is -0.505 e. The van der Waals surface area contributed by atoms with Gasteiger partial charge in [0.15, 0.2) is 11.4 Å². The molecule has 2 aromatic heterocycles. The Kier molecular flexibility index (Phi) is 9.13. The van der Waals surface area contributed by atoms with Gasteiger partial charge in [0.05, 0.1) is 23.6 Å². The number of carbonyl (C=O) groups is 1. The van der Waals surface area contributed by atoms with Gasteiger partial charge in [0.1, 0.15) is 11.4 Å². The average Bonchev–Trinajstić information content (AvgIpc) is 3.60. The second-order valence-electron chi connectivity index (χ2n) is 9.81. The minimum absolute atomic E-state index is 0. The molecule has 0 atom stereocenters. The van der Waals surface area contributed by atoms with Crippen molar-refractivity contribution in [3.8, 4) is 22.8 Å². The van der Waals surface area contributed by atoms with Gasteiger partial charge in [0.25, 0.3) is 5.56 Å². The number of nitrogens with zero attached hydrogens (tertiary/aromatic N) is 3. The van der Waals surface area contributed by atoms with Crippen molar-refractivity contribution in [1.29, 1.82) is 0 Å². The number of aliphatic hydroxyl groups is 1. The number of carboxylic acid groups (broad SMARTS) is 1. The predicted molar refractivity (Wildman–Crippen MR) is 152 cm³/mol. The SMILES string of the molecule is C.Cc1[nH]n(-c2ccc3c(c2)C(C)(C)CC3)c(=O)c1N=Nc1cccc(-c2ccc(C(=O)O)o2)c1O.NCCO. The molecule has 0 aliphatic heterocycles. The Morgan fingerprint density at radius 1 is 1.18 bits per heavy atom. The van der Waals surface area contributed by atoms with E-state index >= 15 is 0 Å². The quantitative estimate of drug-likeness (QED) is 0.201. The highest BCUT2D eigenvalue weighted by molar-refractivity contribution is 5.85. The lowest BCUT2D eigenvalue weighted by molar-refractivity contribution is 0.0663. The van der Waals surface area contributed by atoms with Gasteiger partial charge in [-0.1, -0.05) is 33.4 Å². The van der Waals surface area contributed by atoms with Crippen LogP contribution < -0.4 is 11.3 Å².